The zero-order chi connectivity index (χ0) is 24.3. The van der Waals surface area contributed by atoms with Crippen molar-refractivity contribution in [1.29, 1.82) is 0 Å². The molecular weight excluding hydrogens is 526 g/mol. The normalized spacial score (nSPS) is 22.6. The predicted molar refractivity (Wildman–Crippen MR) is 135 cm³/mol. The second-order valence-electron chi connectivity index (χ2n) is 9.03. The molecule has 0 aromatic heterocycles. The highest BCUT2D eigenvalue weighted by Gasteiger charge is 2.29. The maximum absolute atomic E-state index is 13.1. The van der Waals surface area contributed by atoms with Gasteiger partial charge in [-0.2, -0.15) is 0 Å². The van der Waals surface area contributed by atoms with Gasteiger partial charge in [-0.05, 0) is 53.6 Å². The summed E-state index contributed by atoms with van der Waals surface area (Å²) < 4.78 is 23.4. The maximum atomic E-state index is 13.1. The van der Waals surface area contributed by atoms with Crippen LogP contribution in [0.2, 0.25) is 5.02 Å². The van der Waals surface area contributed by atoms with Crippen molar-refractivity contribution in [2.24, 2.45) is 11.8 Å². The van der Waals surface area contributed by atoms with Crippen LogP contribution in [0, 0.1) is 11.8 Å². The molecule has 0 bridgehead atoms. The third kappa shape index (κ3) is 7.72. The molecule has 1 aliphatic heterocycles. The molecule has 192 valence electrons. The van der Waals surface area contributed by atoms with Crippen LogP contribution < -0.4 is 14.8 Å². The summed E-state index contributed by atoms with van der Waals surface area (Å²) in [5.41, 5.74) is 0.397. The lowest BCUT2D eigenvalue weighted by Crippen LogP contribution is -2.35. The number of ether oxygens (including phenoxy) is 4. The van der Waals surface area contributed by atoms with E-state index in [1.807, 2.05) is 0 Å². The van der Waals surface area contributed by atoms with Crippen molar-refractivity contribution in [3.63, 3.8) is 0 Å². The number of unbranched alkanes of at least 4 members (excludes halogenated alkanes) is 1. The second-order valence-corrected chi connectivity index (χ2v) is 10.2. The van der Waals surface area contributed by atoms with E-state index in [1.165, 1.54) is 6.42 Å². The number of aliphatic hydroxyl groups is 1. The van der Waals surface area contributed by atoms with Crippen LogP contribution in [0.4, 0.5) is 0 Å². The predicted octanol–water partition coefficient (Wildman–Crippen LogP) is 4.99. The largest absolute Gasteiger partial charge is 0.489 e. The smallest absolute Gasteiger partial charge is 0.255 e. The Balaban J connectivity index is 1.55. The minimum absolute atomic E-state index is 0.0804. The minimum Gasteiger partial charge on any atom is -0.489 e. The van der Waals surface area contributed by atoms with E-state index in [0.717, 1.165) is 44.9 Å². The van der Waals surface area contributed by atoms with Crippen molar-refractivity contribution in [2.75, 3.05) is 46.7 Å². The molecule has 0 spiro atoms. The number of rotatable bonds is 11. The van der Waals surface area contributed by atoms with Crippen molar-refractivity contribution in [2.45, 2.75) is 57.5 Å². The lowest BCUT2D eigenvalue weighted by atomic mass is 9.93. The number of fused-ring (bicyclic) bond motifs is 1. The molecule has 2 unspecified atom stereocenters. The van der Waals surface area contributed by atoms with E-state index in [-0.39, 0.29) is 24.5 Å². The molecule has 34 heavy (non-hydrogen) atoms. The van der Waals surface area contributed by atoms with Crippen molar-refractivity contribution < 1.29 is 28.8 Å². The first kappa shape index (κ1) is 27.5. The summed E-state index contributed by atoms with van der Waals surface area (Å²) >= 11 is 9.80. The number of hydrogen-bond acceptors (Lipinski definition) is 6. The Kier molecular flexibility index (Phi) is 11.7. The molecule has 1 aromatic rings. The first-order chi connectivity index (χ1) is 16.5. The Morgan fingerprint density at radius 3 is 2.71 bits per heavy atom. The number of halogens is 2. The Bertz CT molecular complexity index is 795. The number of carbonyl (C=O) groups is 1. The average molecular weight is 563 g/mol. The fraction of sp³-hybridized carbons (Fsp3) is 0.720. The average Bonchev–Trinajstić information content (AvgIpc) is 3.21. The molecule has 9 heteroatoms. The molecule has 0 radical (unpaired) electrons. The topological polar surface area (TPSA) is 86.2 Å². The summed E-state index contributed by atoms with van der Waals surface area (Å²) in [6, 6.07) is 1.63. The van der Waals surface area contributed by atoms with Gasteiger partial charge in [0.15, 0.2) is 11.5 Å². The molecule has 3 rings (SSSR count). The summed E-state index contributed by atoms with van der Waals surface area (Å²) in [4.78, 5) is 13.1. The highest BCUT2D eigenvalue weighted by molar-refractivity contribution is 9.10. The van der Waals surface area contributed by atoms with Gasteiger partial charge in [0.25, 0.3) is 5.91 Å². The van der Waals surface area contributed by atoms with Gasteiger partial charge in [-0.3, -0.25) is 4.79 Å². The number of carbonyl (C=O) groups excluding carboxylic acids is 1. The summed E-state index contributed by atoms with van der Waals surface area (Å²) in [6.45, 7) is 2.76. The van der Waals surface area contributed by atoms with Gasteiger partial charge < -0.3 is 29.4 Å². The maximum Gasteiger partial charge on any atom is 0.255 e. The van der Waals surface area contributed by atoms with E-state index in [1.54, 1.807) is 13.2 Å². The van der Waals surface area contributed by atoms with Gasteiger partial charge in [0.1, 0.15) is 0 Å². The second kappa shape index (κ2) is 14.5. The molecule has 1 amide bonds. The molecule has 2 N–H and O–H groups in total. The van der Waals surface area contributed by atoms with Gasteiger partial charge in [0.2, 0.25) is 0 Å². The quantitative estimate of drug-likeness (QED) is 0.292. The Morgan fingerprint density at radius 1 is 1.18 bits per heavy atom. The molecular formula is C25H37BrClNO6. The number of aliphatic hydroxyl groups excluding tert-OH is 1. The number of amides is 1. The highest BCUT2D eigenvalue weighted by atomic mass is 79.9. The lowest BCUT2D eigenvalue weighted by Gasteiger charge is -2.24. The van der Waals surface area contributed by atoms with Crippen molar-refractivity contribution in [1.82, 2.24) is 5.32 Å². The van der Waals surface area contributed by atoms with Crippen LogP contribution in [0.5, 0.6) is 11.5 Å². The summed E-state index contributed by atoms with van der Waals surface area (Å²) in [5, 5.41) is 12.3. The van der Waals surface area contributed by atoms with Gasteiger partial charge >= 0.3 is 0 Å². The van der Waals surface area contributed by atoms with Gasteiger partial charge in [-0.15, -0.1) is 0 Å². The first-order valence-electron chi connectivity index (χ1n) is 12.3. The highest BCUT2D eigenvalue weighted by Crippen LogP contribution is 2.44. The third-order valence-corrected chi connectivity index (χ3v) is 8.02. The molecule has 1 heterocycles. The molecule has 3 atom stereocenters. The van der Waals surface area contributed by atoms with Crippen LogP contribution in [0.15, 0.2) is 10.5 Å². The number of benzene rings is 1. The van der Waals surface area contributed by atoms with Gasteiger partial charge in [-0.1, -0.05) is 30.9 Å². The van der Waals surface area contributed by atoms with E-state index in [4.69, 9.17) is 35.7 Å². The fourth-order valence-corrected chi connectivity index (χ4v) is 5.41. The van der Waals surface area contributed by atoms with E-state index in [2.05, 4.69) is 21.2 Å². The van der Waals surface area contributed by atoms with Crippen LogP contribution >= 0.6 is 27.5 Å². The Hall–Kier alpha value is -1.06. The Morgan fingerprint density at radius 2 is 1.94 bits per heavy atom. The molecule has 1 saturated carbocycles. The third-order valence-electron chi connectivity index (χ3n) is 6.70. The van der Waals surface area contributed by atoms with E-state index >= 15 is 0 Å². The summed E-state index contributed by atoms with van der Waals surface area (Å²) in [6.07, 6.45) is 8.50. The zero-order valence-electron chi connectivity index (χ0n) is 20.0. The van der Waals surface area contributed by atoms with Crippen LogP contribution in [0.1, 0.15) is 61.7 Å². The molecule has 7 nitrogen and oxygen atoms in total. The number of nitrogens with one attached hydrogen (secondary N) is 1. The fourth-order valence-electron chi connectivity index (χ4n) is 4.81. The lowest BCUT2D eigenvalue weighted by molar-refractivity contribution is 0.0456. The summed E-state index contributed by atoms with van der Waals surface area (Å²) in [7, 11) is 1.76. The molecule has 1 fully saturated rings. The van der Waals surface area contributed by atoms with Gasteiger partial charge in [0.05, 0.1) is 47.6 Å². The van der Waals surface area contributed by atoms with Crippen molar-refractivity contribution in [3.8, 4) is 11.5 Å². The van der Waals surface area contributed by atoms with Crippen LogP contribution in [-0.4, -0.2) is 63.8 Å². The zero-order valence-corrected chi connectivity index (χ0v) is 22.3. The SMILES string of the molecule is COC1CCC(CCCCOCCO)CC[C@H]1CNC(=O)c1cc(Cl)c(Br)c2c1OCCCO2. The Labute approximate surface area is 215 Å². The monoisotopic (exact) mass is 561 g/mol. The standard InChI is InChI=1S/C25H37BrClNO6/c1-31-21-9-7-17(5-2-3-11-32-14-10-29)6-8-18(21)16-28-25(30)19-15-20(27)22(26)24-23(19)33-12-4-13-34-24/h15,17-18,21,29H,2-14,16H2,1H3,(H,28,30)/t17?,18-,21?/m0/s1. The molecule has 2 aliphatic rings. The van der Waals surface area contributed by atoms with E-state index < -0.39 is 0 Å². The van der Waals surface area contributed by atoms with Crippen LogP contribution in [0.3, 0.4) is 0 Å². The minimum atomic E-state index is -0.213. The van der Waals surface area contributed by atoms with E-state index in [9.17, 15) is 4.79 Å². The summed E-state index contributed by atoms with van der Waals surface area (Å²) in [5.74, 6) is 1.65. The van der Waals surface area contributed by atoms with Crippen LogP contribution in [0.25, 0.3) is 0 Å². The van der Waals surface area contributed by atoms with Crippen LogP contribution in [-0.2, 0) is 9.47 Å². The number of hydrogen-bond donors (Lipinski definition) is 2. The number of methoxy groups -OCH3 is 1. The first-order valence-corrected chi connectivity index (χ1v) is 13.5. The van der Waals surface area contributed by atoms with Gasteiger partial charge in [-0.25, -0.2) is 0 Å². The molecule has 1 aromatic carbocycles. The molecule has 0 saturated heterocycles. The van der Waals surface area contributed by atoms with Crippen molar-refractivity contribution in [3.05, 3.63) is 21.1 Å². The van der Waals surface area contributed by atoms with Crippen molar-refractivity contribution >= 4 is 33.4 Å². The van der Waals surface area contributed by atoms with E-state index in [0.29, 0.717) is 65.4 Å². The molecule has 1 aliphatic carbocycles. The van der Waals surface area contributed by atoms with Gasteiger partial charge in [0, 0.05) is 32.6 Å².